The van der Waals surface area contributed by atoms with Gasteiger partial charge in [0.1, 0.15) is 5.82 Å². The van der Waals surface area contributed by atoms with Crippen LogP contribution in [-0.4, -0.2) is 21.2 Å². The monoisotopic (exact) mass is 579 g/mol. The molecule has 0 saturated heterocycles. The molecular weight excluding hydrogens is 549 g/mol. The maximum Gasteiger partial charge on any atom is 0.338 e. The van der Waals surface area contributed by atoms with Crippen molar-refractivity contribution in [3.05, 3.63) is 138 Å². The summed E-state index contributed by atoms with van der Waals surface area (Å²) in [5, 5.41) is 1.01. The van der Waals surface area contributed by atoms with Crippen LogP contribution in [0, 0.1) is 12.7 Å². The number of hydrogen-bond donors (Lipinski definition) is 0. The second-order valence-corrected chi connectivity index (χ2v) is 11.7. The molecule has 3 heterocycles. The summed E-state index contributed by atoms with van der Waals surface area (Å²) < 4.78 is 23.5. The molecule has 42 heavy (non-hydrogen) atoms. The first-order valence-corrected chi connectivity index (χ1v) is 14.7. The van der Waals surface area contributed by atoms with E-state index in [1.54, 1.807) is 37.5 Å². The minimum absolute atomic E-state index is 0.218. The minimum atomic E-state index is -0.656. The summed E-state index contributed by atoms with van der Waals surface area (Å²) in [4.78, 5) is 32.7. The second kappa shape index (κ2) is 11.0. The van der Waals surface area contributed by atoms with Gasteiger partial charge in [0.2, 0.25) is 0 Å². The van der Waals surface area contributed by atoms with E-state index in [1.165, 1.54) is 23.5 Å². The van der Waals surface area contributed by atoms with Gasteiger partial charge in [-0.3, -0.25) is 9.36 Å². The number of rotatable bonds is 6. The maximum atomic E-state index is 14.1. The normalized spacial score (nSPS) is 15.3. The maximum absolute atomic E-state index is 14.1. The summed E-state index contributed by atoms with van der Waals surface area (Å²) >= 11 is 1.31. The van der Waals surface area contributed by atoms with Gasteiger partial charge in [-0.2, -0.15) is 0 Å². The van der Waals surface area contributed by atoms with E-state index in [0.29, 0.717) is 27.1 Å². The standard InChI is InChI=1S/C34H30FN3O3S/c1-20(2)41-33(40)30-21(3)36-34-38(31(30)24-10-6-5-7-11-24)32(39)29(42-34)18-27-22(4)37(28-13-9-8-12-26(27)28)19-23-14-16-25(35)17-15-23/h5-18,20,31H,19H2,1-4H3. The molecule has 0 radical (unpaired) electrons. The lowest BCUT2D eigenvalue weighted by Gasteiger charge is -2.25. The van der Waals surface area contributed by atoms with Crippen LogP contribution in [0.4, 0.5) is 4.39 Å². The Morgan fingerprint density at radius 1 is 1.02 bits per heavy atom. The van der Waals surface area contributed by atoms with E-state index in [9.17, 15) is 14.0 Å². The number of allylic oxidation sites excluding steroid dienone is 1. The first-order chi connectivity index (χ1) is 20.2. The number of hydrogen-bond acceptors (Lipinski definition) is 5. The van der Waals surface area contributed by atoms with Crippen molar-refractivity contribution in [2.45, 2.75) is 46.4 Å². The van der Waals surface area contributed by atoms with Gasteiger partial charge < -0.3 is 9.30 Å². The molecule has 1 aliphatic rings. The van der Waals surface area contributed by atoms with Crippen LogP contribution in [0.5, 0.6) is 0 Å². The Hall–Kier alpha value is -4.56. The van der Waals surface area contributed by atoms with Crippen molar-refractivity contribution >= 4 is 34.3 Å². The Labute approximate surface area is 246 Å². The van der Waals surface area contributed by atoms with Crippen molar-refractivity contribution in [1.29, 1.82) is 0 Å². The van der Waals surface area contributed by atoms with E-state index in [0.717, 1.165) is 33.3 Å². The first kappa shape index (κ1) is 27.6. The molecule has 0 saturated carbocycles. The van der Waals surface area contributed by atoms with Crippen molar-refractivity contribution < 1.29 is 13.9 Å². The third-order valence-corrected chi connectivity index (χ3v) is 8.49. The summed E-state index contributed by atoms with van der Waals surface area (Å²) in [6.07, 6.45) is 1.62. The van der Waals surface area contributed by atoms with Crippen molar-refractivity contribution in [2.24, 2.45) is 4.99 Å². The van der Waals surface area contributed by atoms with Gasteiger partial charge in [-0.05, 0) is 63.1 Å². The van der Waals surface area contributed by atoms with Crippen LogP contribution in [0.15, 0.2) is 99.9 Å². The molecule has 8 heteroatoms. The van der Waals surface area contributed by atoms with Gasteiger partial charge in [0.25, 0.3) is 5.56 Å². The molecule has 3 aromatic carbocycles. The quantitative estimate of drug-likeness (QED) is 0.245. The Kier molecular flexibility index (Phi) is 7.24. The number of nitrogens with zero attached hydrogens (tertiary/aromatic N) is 3. The third kappa shape index (κ3) is 4.92. The highest BCUT2D eigenvalue weighted by Gasteiger charge is 2.33. The first-order valence-electron chi connectivity index (χ1n) is 13.8. The highest BCUT2D eigenvalue weighted by Crippen LogP contribution is 2.31. The molecule has 5 aromatic rings. The highest BCUT2D eigenvalue weighted by atomic mass is 32.1. The molecule has 6 rings (SSSR count). The van der Waals surface area contributed by atoms with E-state index in [4.69, 9.17) is 9.73 Å². The van der Waals surface area contributed by atoms with Gasteiger partial charge in [-0.15, -0.1) is 0 Å². The third-order valence-electron chi connectivity index (χ3n) is 7.51. The number of fused-ring (bicyclic) bond motifs is 2. The molecule has 0 fully saturated rings. The number of ether oxygens (including phenoxy) is 1. The molecule has 212 valence electrons. The molecule has 0 amide bonds. The predicted octanol–water partition coefficient (Wildman–Crippen LogP) is 5.64. The van der Waals surface area contributed by atoms with E-state index in [2.05, 4.69) is 10.6 Å². The lowest BCUT2D eigenvalue weighted by Crippen LogP contribution is -2.40. The van der Waals surface area contributed by atoms with Crippen LogP contribution >= 0.6 is 11.3 Å². The largest absolute Gasteiger partial charge is 0.459 e. The zero-order valence-electron chi connectivity index (χ0n) is 23.8. The SMILES string of the molecule is CC1=C(C(=O)OC(C)C)C(c2ccccc2)n2c(sc(=Cc3c(C)n(Cc4ccc(F)cc4)c4ccccc34)c2=O)=N1. The van der Waals surface area contributed by atoms with E-state index in [-0.39, 0.29) is 17.5 Å². The molecule has 1 atom stereocenters. The highest BCUT2D eigenvalue weighted by molar-refractivity contribution is 7.07. The van der Waals surface area contributed by atoms with Gasteiger partial charge in [-0.25, -0.2) is 14.2 Å². The number of carbonyl (C=O) groups is 1. The number of thiazole rings is 1. The molecule has 0 N–H and O–H groups in total. The average Bonchev–Trinajstić information content (AvgIpc) is 3.42. The van der Waals surface area contributed by atoms with Crippen molar-refractivity contribution in [1.82, 2.24) is 9.13 Å². The number of benzene rings is 3. The Morgan fingerprint density at radius 3 is 2.43 bits per heavy atom. The van der Waals surface area contributed by atoms with Crippen LogP contribution in [0.2, 0.25) is 0 Å². The molecule has 6 nitrogen and oxygen atoms in total. The van der Waals surface area contributed by atoms with Crippen molar-refractivity contribution in [3.8, 4) is 0 Å². The molecule has 1 aliphatic heterocycles. The fourth-order valence-electron chi connectivity index (χ4n) is 5.56. The van der Waals surface area contributed by atoms with E-state index in [1.807, 2.05) is 61.5 Å². The topological polar surface area (TPSA) is 65.6 Å². The van der Waals surface area contributed by atoms with Gasteiger partial charge >= 0.3 is 5.97 Å². The zero-order valence-corrected chi connectivity index (χ0v) is 24.6. The smallest absolute Gasteiger partial charge is 0.338 e. The number of carbonyl (C=O) groups excluding carboxylic acids is 1. The molecule has 0 bridgehead atoms. The van der Waals surface area contributed by atoms with Gasteiger partial charge in [-0.1, -0.05) is 72.0 Å². The molecular formula is C34H30FN3O3S. The van der Waals surface area contributed by atoms with Gasteiger partial charge in [0.05, 0.1) is 27.9 Å². The predicted molar refractivity (Wildman–Crippen MR) is 164 cm³/mol. The van der Waals surface area contributed by atoms with Gasteiger partial charge in [0, 0.05) is 28.7 Å². The molecule has 1 unspecified atom stereocenters. The summed E-state index contributed by atoms with van der Waals surface area (Å²) in [6.45, 7) is 7.99. The van der Waals surface area contributed by atoms with Crippen molar-refractivity contribution in [3.63, 3.8) is 0 Å². The molecule has 0 aliphatic carbocycles. The van der Waals surface area contributed by atoms with Crippen molar-refractivity contribution in [2.75, 3.05) is 0 Å². The van der Waals surface area contributed by atoms with Crippen LogP contribution < -0.4 is 14.9 Å². The van der Waals surface area contributed by atoms with E-state index < -0.39 is 12.0 Å². The van der Waals surface area contributed by atoms with E-state index >= 15 is 0 Å². The summed E-state index contributed by atoms with van der Waals surface area (Å²) in [7, 11) is 0. The number of halogens is 1. The average molecular weight is 580 g/mol. The van der Waals surface area contributed by atoms with Crippen LogP contribution in [0.1, 0.15) is 49.2 Å². The van der Waals surface area contributed by atoms with Crippen LogP contribution in [-0.2, 0) is 16.1 Å². The second-order valence-electron chi connectivity index (χ2n) is 10.7. The fourth-order valence-corrected chi connectivity index (χ4v) is 6.59. The summed E-state index contributed by atoms with van der Waals surface area (Å²) in [5.74, 6) is -0.748. The Bertz CT molecular complexity index is 2030. The Balaban J connectivity index is 1.53. The Morgan fingerprint density at radius 2 is 1.71 bits per heavy atom. The molecule has 0 spiro atoms. The lowest BCUT2D eigenvalue weighted by molar-refractivity contribution is -0.143. The summed E-state index contributed by atoms with van der Waals surface area (Å²) in [5.41, 5.74) is 5.41. The van der Waals surface area contributed by atoms with Gasteiger partial charge in [0.15, 0.2) is 4.80 Å². The minimum Gasteiger partial charge on any atom is -0.459 e. The number of aromatic nitrogens is 2. The zero-order chi connectivity index (χ0) is 29.5. The fraction of sp³-hybridized carbons (Fsp3) is 0.206. The lowest BCUT2D eigenvalue weighted by atomic mass is 9.96. The summed E-state index contributed by atoms with van der Waals surface area (Å²) in [6, 6.07) is 23.4. The number of para-hydroxylation sites is 1. The molecule has 2 aromatic heterocycles. The van der Waals surface area contributed by atoms with Crippen LogP contribution in [0.3, 0.4) is 0 Å². The number of esters is 1. The van der Waals surface area contributed by atoms with Crippen LogP contribution in [0.25, 0.3) is 17.0 Å².